The van der Waals surface area contributed by atoms with E-state index < -0.39 is 0 Å². The van der Waals surface area contributed by atoms with Crippen molar-refractivity contribution >= 4 is 17.9 Å². The van der Waals surface area contributed by atoms with Gasteiger partial charge in [-0.05, 0) is 6.92 Å². The van der Waals surface area contributed by atoms with Gasteiger partial charge in [0.25, 0.3) is 0 Å². The number of carbonyl (C=O) groups is 1. The molecule has 0 atom stereocenters. The average Bonchev–Trinajstić information content (AvgIpc) is 2.92. The van der Waals surface area contributed by atoms with Crippen LogP contribution in [0.5, 0.6) is 0 Å². The molecule has 5 nitrogen and oxygen atoms in total. The van der Waals surface area contributed by atoms with Gasteiger partial charge in [-0.25, -0.2) is 0 Å². The fourth-order valence-electron chi connectivity index (χ4n) is 1.55. The molecule has 2 aromatic rings. The Morgan fingerprint density at radius 1 is 1.53 bits per heavy atom. The molecule has 0 unspecified atom stereocenters. The predicted molar refractivity (Wildman–Crippen MR) is 63.2 cm³/mol. The van der Waals surface area contributed by atoms with E-state index in [0.717, 1.165) is 12.2 Å². The maximum absolute atomic E-state index is 11.0. The second kappa shape index (κ2) is 4.71. The topological polar surface area (TPSA) is 60.9 Å². The standard InChI is InChI=1S/C11H12ClN3O2/c1-3-7-5-9(14-17-7)10-8(6-16)11(12)15(4-2)13-10/h5-6H,3-4H2,1-2H3. The maximum atomic E-state index is 11.0. The zero-order valence-electron chi connectivity index (χ0n) is 9.61. The van der Waals surface area contributed by atoms with E-state index in [0.29, 0.717) is 34.9 Å². The van der Waals surface area contributed by atoms with E-state index in [1.54, 1.807) is 10.7 Å². The van der Waals surface area contributed by atoms with Gasteiger partial charge >= 0.3 is 0 Å². The molecule has 0 aliphatic rings. The van der Waals surface area contributed by atoms with Crippen LogP contribution in [0.25, 0.3) is 11.4 Å². The Kier molecular flexibility index (Phi) is 3.28. The Labute approximate surface area is 103 Å². The summed E-state index contributed by atoms with van der Waals surface area (Å²) in [5, 5.41) is 8.47. The third-order valence-corrected chi connectivity index (χ3v) is 2.89. The van der Waals surface area contributed by atoms with Gasteiger partial charge < -0.3 is 4.52 Å². The zero-order valence-corrected chi connectivity index (χ0v) is 10.4. The summed E-state index contributed by atoms with van der Waals surface area (Å²) >= 11 is 6.03. The van der Waals surface area contributed by atoms with E-state index in [4.69, 9.17) is 16.1 Å². The van der Waals surface area contributed by atoms with Gasteiger partial charge in [0.05, 0.1) is 5.56 Å². The minimum absolute atomic E-state index is 0.332. The Balaban J connectivity index is 2.54. The molecule has 0 amide bonds. The lowest BCUT2D eigenvalue weighted by Crippen LogP contribution is -1.96. The summed E-state index contributed by atoms with van der Waals surface area (Å²) in [6, 6.07) is 1.77. The summed E-state index contributed by atoms with van der Waals surface area (Å²) in [6.07, 6.45) is 1.43. The lowest BCUT2D eigenvalue weighted by molar-refractivity contribution is 0.112. The number of hydrogen-bond acceptors (Lipinski definition) is 4. The molecule has 17 heavy (non-hydrogen) atoms. The number of aldehydes is 1. The second-order valence-electron chi connectivity index (χ2n) is 3.52. The van der Waals surface area contributed by atoms with Crippen molar-refractivity contribution in [2.45, 2.75) is 26.8 Å². The van der Waals surface area contributed by atoms with Crippen LogP contribution in [-0.2, 0) is 13.0 Å². The maximum Gasteiger partial charge on any atom is 0.155 e. The van der Waals surface area contributed by atoms with Crippen molar-refractivity contribution in [1.82, 2.24) is 14.9 Å². The van der Waals surface area contributed by atoms with E-state index in [2.05, 4.69) is 10.3 Å². The van der Waals surface area contributed by atoms with Crippen LogP contribution in [0.4, 0.5) is 0 Å². The molecule has 0 aliphatic carbocycles. The summed E-state index contributed by atoms with van der Waals surface area (Å²) in [5.74, 6) is 0.749. The summed E-state index contributed by atoms with van der Waals surface area (Å²) in [4.78, 5) is 11.0. The number of aromatic nitrogens is 3. The average molecular weight is 254 g/mol. The van der Waals surface area contributed by atoms with Gasteiger partial charge in [0.15, 0.2) is 6.29 Å². The monoisotopic (exact) mass is 253 g/mol. The van der Waals surface area contributed by atoms with Gasteiger partial charge in [-0.15, -0.1) is 0 Å². The van der Waals surface area contributed by atoms with Gasteiger partial charge in [0, 0.05) is 19.0 Å². The second-order valence-corrected chi connectivity index (χ2v) is 3.88. The minimum atomic E-state index is 0.332. The van der Waals surface area contributed by atoms with Crippen LogP contribution >= 0.6 is 11.6 Å². The molecule has 0 aromatic carbocycles. The molecule has 90 valence electrons. The van der Waals surface area contributed by atoms with E-state index >= 15 is 0 Å². The molecule has 0 fully saturated rings. The molecule has 2 aromatic heterocycles. The Hall–Kier alpha value is -1.62. The van der Waals surface area contributed by atoms with Crippen molar-refractivity contribution in [1.29, 1.82) is 0 Å². The quantitative estimate of drug-likeness (QED) is 0.786. The number of hydrogen-bond donors (Lipinski definition) is 0. The van der Waals surface area contributed by atoms with E-state index in [-0.39, 0.29) is 0 Å². The molecule has 2 rings (SSSR count). The lowest BCUT2D eigenvalue weighted by atomic mass is 10.2. The van der Waals surface area contributed by atoms with Crippen molar-refractivity contribution in [3.63, 3.8) is 0 Å². The van der Waals surface area contributed by atoms with Crippen molar-refractivity contribution in [3.05, 3.63) is 22.5 Å². The molecule has 0 spiro atoms. The minimum Gasteiger partial charge on any atom is -0.361 e. The van der Waals surface area contributed by atoms with Crippen LogP contribution in [0.15, 0.2) is 10.6 Å². The fourth-order valence-corrected chi connectivity index (χ4v) is 1.84. The van der Waals surface area contributed by atoms with Crippen LogP contribution in [0.3, 0.4) is 0 Å². The normalized spacial score (nSPS) is 10.8. The summed E-state index contributed by atoms with van der Waals surface area (Å²) < 4.78 is 6.65. The lowest BCUT2D eigenvalue weighted by Gasteiger charge is -1.94. The largest absolute Gasteiger partial charge is 0.361 e. The van der Waals surface area contributed by atoms with Gasteiger partial charge in [-0.1, -0.05) is 23.7 Å². The molecule has 0 bridgehead atoms. The number of aryl methyl sites for hydroxylation is 2. The van der Waals surface area contributed by atoms with Crippen LogP contribution in [0.2, 0.25) is 5.15 Å². The predicted octanol–water partition coefficient (Wildman–Crippen LogP) is 2.59. The van der Waals surface area contributed by atoms with Crippen molar-refractivity contribution < 1.29 is 9.32 Å². The summed E-state index contributed by atoms with van der Waals surface area (Å²) in [6.45, 7) is 4.46. The van der Waals surface area contributed by atoms with E-state index in [1.165, 1.54) is 0 Å². The highest BCUT2D eigenvalue weighted by atomic mass is 35.5. The van der Waals surface area contributed by atoms with Crippen LogP contribution in [-0.4, -0.2) is 21.2 Å². The molecular formula is C11H12ClN3O2. The first-order valence-electron chi connectivity index (χ1n) is 5.38. The van der Waals surface area contributed by atoms with Crippen LogP contribution in [0.1, 0.15) is 30.0 Å². The molecular weight excluding hydrogens is 242 g/mol. The first-order chi connectivity index (χ1) is 8.21. The highest BCUT2D eigenvalue weighted by Gasteiger charge is 2.19. The number of carbonyl (C=O) groups excluding carboxylic acids is 1. The fraction of sp³-hybridized carbons (Fsp3) is 0.364. The molecule has 6 heteroatoms. The third kappa shape index (κ3) is 1.98. The third-order valence-electron chi connectivity index (χ3n) is 2.49. The molecule has 0 radical (unpaired) electrons. The van der Waals surface area contributed by atoms with Crippen molar-refractivity contribution in [3.8, 4) is 11.4 Å². The first kappa shape index (κ1) is 11.9. The zero-order chi connectivity index (χ0) is 12.4. The number of halogens is 1. The molecule has 2 heterocycles. The molecule has 0 saturated carbocycles. The Morgan fingerprint density at radius 3 is 2.82 bits per heavy atom. The van der Waals surface area contributed by atoms with Gasteiger partial charge in [0.1, 0.15) is 22.3 Å². The molecule has 0 N–H and O–H groups in total. The Bertz CT molecular complexity index is 545. The highest BCUT2D eigenvalue weighted by Crippen LogP contribution is 2.27. The van der Waals surface area contributed by atoms with E-state index in [9.17, 15) is 4.79 Å². The van der Waals surface area contributed by atoms with E-state index in [1.807, 2.05) is 13.8 Å². The van der Waals surface area contributed by atoms with Crippen molar-refractivity contribution in [2.24, 2.45) is 0 Å². The van der Waals surface area contributed by atoms with Gasteiger partial charge in [-0.2, -0.15) is 5.10 Å². The summed E-state index contributed by atoms with van der Waals surface area (Å²) in [5.41, 5.74) is 1.36. The van der Waals surface area contributed by atoms with Gasteiger partial charge in [0.2, 0.25) is 0 Å². The summed E-state index contributed by atoms with van der Waals surface area (Å²) in [7, 11) is 0. The smallest absolute Gasteiger partial charge is 0.155 e. The van der Waals surface area contributed by atoms with Gasteiger partial charge in [-0.3, -0.25) is 9.48 Å². The highest BCUT2D eigenvalue weighted by molar-refractivity contribution is 6.32. The molecule has 0 saturated heterocycles. The first-order valence-corrected chi connectivity index (χ1v) is 5.76. The number of rotatable bonds is 4. The Morgan fingerprint density at radius 2 is 2.29 bits per heavy atom. The van der Waals surface area contributed by atoms with Crippen LogP contribution < -0.4 is 0 Å². The number of nitrogens with zero attached hydrogens (tertiary/aromatic N) is 3. The SMILES string of the molecule is CCc1cc(-c2nn(CC)c(Cl)c2C=O)no1. The van der Waals surface area contributed by atoms with Crippen molar-refractivity contribution in [2.75, 3.05) is 0 Å². The van der Waals surface area contributed by atoms with Crippen LogP contribution in [0, 0.1) is 0 Å². The molecule has 0 aliphatic heterocycles.